The number of carbonyl (C=O) groups is 4. The number of urea groups is 1. The highest BCUT2D eigenvalue weighted by molar-refractivity contribution is 9.10. The lowest BCUT2D eigenvalue weighted by Crippen LogP contribution is -2.30. The Morgan fingerprint density at radius 1 is 1.26 bits per heavy atom. The number of carbonyl (C=O) groups excluding carboxylic acids is 4. The Bertz CT molecular complexity index is 1250. The molecule has 1 aromatic carbocycles. The van der Waals surface area contributed by atoms with E-state index >= 15 is 0 Å². The largest absolute Gasteiger partial charge is 0.471 e. The van der Waals surface area contributed by atoms with Gasteiger partial charge >= 0.3 is 23.7 Å². The van der Waals surface area contributed by atoms with Gasteiger partial charge in [-0.15, -0.1) is 0 Å². The highest BCUT2D eigenvalue weighted by Gasteiger charge is 2.35. The summed E-state index contributed by atoms with van der Waals surface area (Å²) >= 11 is 3.16. The van der Waals surface area contributed by atoms with Crippen LogP contribution < -0.4 is 10.1 Å². The number of imide groups is 1. The predicted octanol–water partition coefficient (Wildman–Crippen LogP) is 2.77. The fourth-order valence-corrected chi connectivity index (χ4v) is 3.53. The van der Waals surface area contributed by atoms with Crippen LogP contribution in [0.5, 0.6) is 5.75 Å². The van der Waals surface area contributed by atoms with Crippen LogP contribution in [0.3, 0.4) is 0 Å². The van der Waals surface area contributed by atoms with E-state index in [1.54, 1.807) is 0 Å². The van der Waals surface area contributed by atoms with Crippen molar-refractivity contribution in [3.05, 3.63) is 61.6 Å². The molecular weight excluding hydrogens is 534 g/mol. The molecule has 14 heteroatoms. The Morgan fingerprint density at radius 2 is 1.97 bits per heavy atom. The second kappa shape index (κ2) is 10.4. The molecule has 1 fully saturated rings. The molecule has 0 spiro atoms. The van der Waals surface area contributed by atoms with Gasteiger partial charge in [0, 0.05) is 16.1 Å². The number of benzene rings is 1. The van der Waals surface area contributed by atoms with Crippen molar-refractivity contribution in [2.75, 3.05) is 14.2 Å². The van der Waals surface area contributed by atoms with Crippen molar-refractivity contribution in [2.24, 2.45) is 0 Å². The van der Waals surface area contributed by atoms with Gasteiger partial charge in [0.05, 0.1) is 25.7 Å². The fourth-order valence-electron chi connectivity index (χ4n) is 3.06. The zero-order chi connectivity index (χ0) is 25.9. The molecule has 3 rings (SSSR count). The molecule has 2 heterocycles. The smallest absolute Gasteiger partial charge is 0.373 e. The first-order valence-corrected chi connectivity index (χ1v) is 10.6. The second-order valence-electron chi connectivity index (χ2n) is 7.02. The van der Waals surface area contributed by atoms with Crippen LogP contribution >= 0.6 is 15.9 Å². The predicted molar refractivity (Wildman–Crippen MR) is 120 cm³/mol. The minimum atomic E-state index is -1.20. The molecule has 1 N–H and O–H groups in total. The van der Waals surface area contributed by atoms with Crippen LogP contribution in [0.1, 0.15) is 28.8 Å². The van der Waals surface area contributed by atoms with Crippen molar-refractivity contribution in [3.63, 3.8) is 0 Å². The molecule has 3 amide bonds. The lowest BCUT2D eigenvalue weighted by atomic mass is 10.1. The van der Waals surface area contributed by atoms with Gasteiger partial charge in [-0.2, -0.15) is 0 Å². The number of halogens is 1. The topological polar surface area (TPSA) is 168 Å². The van der Waals surface area contributed by atoms with E-state index < -0.39 is 40.6 Å². The van der Waals surface area contributed by atoms with Crippen molar-refractivity contribution in [1.82, 2.24) is 10.2 Å². The fraction of sp³-hybridized carbons (Fsp3) is 0.238. The molecule has 2 aromatic rings. The summed E-state index contributed by atoms with van der Waals surface area (Å²) in [4.78, 5) is 60.4. The summed E-state index contributed by atoms with van der Waals surface area (Å²) in [7, 11) is 2.31. The summed E-state index contributed by atoms with van der Waals surface area (Å²) in [6.45, 7) is 1.05. The van der Waals surface area contributed by atoms with Gasteiger partial charge in [-0.1, -0.05) is 15.9 Å². The van der Waals surface area contributed by atoms with E-state index in [1.165, 1.54) is 44.4 Å². The molecule has 1 aromatic heterocycles. The zero-order valence-electron chi connectivity index (χ0n) is 18.5. The van der Waals surface area contributed by atoms with E-state index in [4.69, 9.17) is 9.15 Å². The lowest BCUT2D eigenvalue weighted by molar-refractivity contribution is -0.386. The first-order chi connectivity index (χ1) is 16.5. The molecule has 1 aliphatic rings. The maximum atomic E-state index is 12.9. The first kappa shape index (κ1) is 25.4. The SMILES string of the molecule is COC(=O)c1ccc(CN2C(=O)N/C(=C\c3cc(Br)cc([N+](=O)[O-])c3O[C@@H](C)C(=O)OC)C2=O)o1. The number of ether oxygens (including phenoxy) is 3. The highest BCUT2D eigenvalue weighted by atomic mass is 79.9. The highest BCUT2D eigenvalue weighted by Crippen LogP contribution is 2.37. The number of methoxy groups -OCH3 is 2. The molecule has 1 atom stereocenters. The number of nitro groups is 1. The number of nitrogens with one attached hydrogen (secondary N) is 1. The minimum Gasteiger partial charge on any atom is -0.471 e. The number of nitrogens with zero attached hydrogens (tertiary/aromatic N) is 2. The van der Waals surface area contributed by atoms with Crippen molar-refractivity contribution in [1.29, 1.82) is 0 Å². The maximum absolute atomic E-state index is 12.9. The first-order valence-electron chi connectivity index (χ1n) is 9.79. The van der Waals surface area contributed by atoms with E-state index in [1.807, 2.05) is 0 Å². The van der Waals surface area contributed by atoms with Crippen LogP contribution in [0.4, 0.5) is 10.5 Å². The molecule has 1 aliphatic heterocycles. The second-order valence-corrected chi connectivity index (χ2v) is 7.94. The molecule has 35 heavy (non-hydrogen) atoms. The molecular formula is C21H18BrN3O10. The van der Waals surface area contributed by atoms with Crippen LogP contribution in [0.15, 0.2) is 38.9 Å². The van der Waals surface area contributed by atoms with Gasteiger partial charge in [0.1, 0.15) is 11.5 Å². The number of nitro benzene ring substituents is 1. The summed E-state index contributed by atoms with van der Waals surface area (Å²) in [5, 5.41) is 14.0. The Morgan fingerprint density at radius 3 is 2.60 bits per heavy atom. The quantitative estimate of drug-likeness (QED) is 0.169. The molecule has 0 radical (unpaired) electrons. The van der Waals surface area contributed by atoms with E-state index in [2.05, 4.69) is 30.7 Å². The van der Waals surface area contributed by atoms with Crippen LogP contribution in [0, 0.1) is 10.1 Å². The maximum Gasteiger partial charge on any atom is 0.373 e. The van der Waals surface area contributed by atoms with Gasteiger partial charge in [-0.25, -0.2) is 14.4 Å². The number of hydrogen-bond donors (Lipinski definition) is 1. The van der Waals surface area contributed by atoms with Gasteiger partial charge in [-0.3, -0.25) is 19.8 Å². The minimum absolute atomic E-state index is 0.0401. The monoisotopic (exact) mass is 551 g/mol. The third-order valence-corrected chi connectivity index (χ3v) is 5.17. The van der Waals surface area contributed by atoms with Crippen molar-refractivity contribution >= 4 is 51.6 Å². The number of amides is 3. The zero-order valence-corrected chi connectivity index (χ0v) is 20.1. The van der Waals surface area contributed by atoms with Gasteiger partial charge < -0.3 is 23.9 Å². The van der Waals surface area contributed by atoms with Crippen LogP contribution in [0.2, 0.25) is 0 Å². The number of hydrogen-bond acceptors (Lipinski definition) is 10. The Hall–Kier alpha value is -4.20. The number of esters is 2. The Labute approximate surface area is 205 Å². The lowest BCUT2D eigenvalue weighted by Gasteiger charge is -2.15. The van der Waals surface area contributed by atoms with Gasteiger partial charge in [0.2, 0.25) is 11.5 Å². The normalized spacial score (nSPS) is 15.1. The van der Waals surface area contributed by atoms with E-state index in [9.17, 15) is 29.3 Å². The van der Waals surface area contributed by atoms with E-state index in [0.29, 0.717) is 0 Å². The summed E-state index contributed by atoms with van der Waals surface area (Å²) in [6.07, 6.45) is -0.0235. The molecule has 0 bridgehead atoms. The van der Waals surface area contributed by atoms with Crippen LogP contribution in [-0.4, -0.2) is 54.0 Å². The van der Waals surface area contributed by atoms with Crippen molar-refractivity contribution < 1.29 is 42.7 Å². The van der Waals surface area contributed by atoms with Crippen LogP contribution in [-0.2, 0) is 25.6 Å². The number of rotatable bonds is 8. The average Bonchev–Trinajstić information content (AvgIpc) is 3.39. The van der Waals surface area contributed by atoms with Gasteiger partial charge in [0.15, 0.2) is 6.10 Å². The van der Waals surface area contributed by atoms with Gasteiger partial charge in [-0.05, 0) is 31.2 Å². The summed E-state index contributed by atoms with van der Waals surface area (Å²) < 4.78 is 20.2. The summed E-state index contributed by atoms with van der Waals surface area (Å²) in [5.41, 5.74) is -0.655. The summed E-state index contributed by atoms with van der Waals surface area (Å²) in [6, 6.07) is 4.54. The van der Waals surface area contributed by atoms with Crippen LogP contribution in [0.25, 0.3) is 6.08 Å². The van der Waals surface area contributed by atoms with Gasteiger partial charge in [0.25, 0.3) is 5.91 Å². The standard InChI is InChI=1S/C21H18BrN3O10/c1-10(19(27)32-2)34-17-11(6-12(22)8-15(17)25(30)31)7-14-18(26)24(21(29)23-14)9-13-4-5-16(35-13)20(28)33-3/h4-8,10H,9H2,1-3H3,(H,23,29)/b14-7-/t10-/m0/s1. The van der Waals surface area contributed by atoms with E-state index in [-0.39, 0.29) is 39.5 Å². The molecule has 184 valence electrons. The Balaban J connectivity index is 1.95. The molecule has 0 aliphatic carbocycles. The van der Waals surface area contributed by atoms with Crippen molar-refractivity contribution in [3.8, 4) is 5.75 Å². The third kappa shape index (κ3) is 5.48. The molecule has 0 saturated carbocycles. The molecule has 0 unspecified atom stereocenters. The molecule has 13 nitrogen and oxygen atoms in total. The number of furan rings is 1. The molecule has 1 saturated heterocycles. The van der Waals surface area contributed by atoms with Crippen molar-refractivity contribution in [2.45, 2.75) is 19.6 Å². The van der Waals surface area contributed by atoms with E-state index in [0.717, 1.165) is 12.0 Å². The Kier molecular flexibility index (Phi) is 7.54. The average molecular weight is 552 g/mol. The summed E-state index contributed by atoms with van der Waals surface area (Å²) in [5.74, 6) is -2.53. The third-order valence-electron chi connectivity index (χ3n) is 4.71.